The van der Waals surface area contributed by atoms with Crippen molar-refractivity contribution in [1.82, 2.24) is 10.3 Å². The highest BCUT2D eigenvalue weighted by Gasteiger charge is 2.11. The summed E-state index contributed by atoms with van der Waals surface area (Å²) < 4.78 is 11.2. The van der Waals surface area contributed by atoms with Gasteiger partial charge in [-0.2, -0.15) is 0 Å². The van der Waals surface area contributed by atoms with Crippen LogP contribution in [0.3, 0.4) is 0 Å². The van der Waals surface area contributed by atoms with Crippen LogP contribution in [0.2, 0.25) is 0 Å². The average Bonchev–Trinajstić information content (AvgIpc) is 3.34. The number of para-hydroxylation sites is 1. The Hall–Kier alpha value is -3.13. The second-order valence-corrected chi connectivity index (χ2v) is 6.88. The number of nitrogens with zero attached hydrogens (tertiary/aromatic N) is 1. The van der Waals surface area contributed by atoms with E-state index in [9.17, 15) is 9.59 Å². The lowest BCUT2D eigenvalue weighted by Crippen LogP contribution is -2.18. The van der Waals surface area contributed by atoms with Gasteiger partial charge in [0.25, 0.3) is 0 Å². The van der Waals surface area contributed by atoms with Crippen LogP contribution >= 0.6 is 11.3 Å². The van der Waals surface area contributed by atoms with Crippen molar-refractivity contribution in [2.24, 2.45) is 0 Å². The molecule has 0 saturated heterocycles. The van der Waals surface area contributed by atoms with E-state index < -0.39 is 0 Å². The molecule has 2 amide bonds. The first-order chi connectivity index (χ1) is 13.6. The van der Waals surface area contributed by atoms with Gasteiger partial charge in [0.15, 0.2) is 10.9 Å². The molecule has 1 aromatic carbocycles. The molecular formula is C20H21N3O4S. The Morgan fingerprint density at radius 2 is 2.00 bits per heavy atom. The van der Waals surface area contributed by atoms with Gasteiger partial charge < -0.3 is 19.8 Å². The summed E-state index contributed by atoms with van der Waals surface area (Å²) in [4.78, 5) is 27.4. The van der Waals surface area contributed by atoms with Gasteiger partial charge in [0, 0.05) is 18.7 Å². The molecule has 0 fully saturated rings. The predicted octanol–water partition coefficient (Wildman–Crippen LogP) is 3.84. The number of hydrogen-bond acceptors (Lipinski definition) is 6. The van der Waals surface area contributed by atoms with Crippen LogP contribution in [0, 0.1) is 0 Å². The number of benzene rings is 1. The minimum absolute atomic E-state index is 0.108. The fraction of sp³-hybridized carbons (Fsp3) is 0.250. The highest BCUT2D eigenvalue weighted by atomic mass is 32.1. The lowest BCUT2D eigenvalue weighted by Gasteiger charge is -2.05. The summed E-state index contributed by atoms with van der Waals surface area (Å²) in [6.07, 6.45) is 0.965. The standard InChI is InChI=1S/C20H21N3O4S/c1-14(24)21-12-16-9-10-18(27-16)17-13-28-20(22-17)23-19(25)8-5-11-26-15-6-3-2-4-7-15/h2-4,6-7,9-10,13H,5,8,11-12H2,1H3,(H,21,24)(H,22,23,25). The second kappa shape index (κ2) is 9.70. The van der Waals surface area contributed by atoms with E-state index in [0.717, 1.165) is 5.75 Å². The van der Waals surface area contributed by atoms with Gasteiger partial charge in [0.2, 0.25) is 11.8 Å². The number of nitrogens with one attached hydrogen (secondary N) is 2. The molecule has 7 nitrogen and oxygen atoms in total. The minimum atomic E-state index is -0.120. The SMILES string of the molecule is CC(=O)NCc1ccc(-c2csc(NC(=O)CCCOc3ccccc3)n2)o1. The van der Waals surface area contributed by atoms with E-state index in [1.807, 2.05) is 35.7 Å². The van der Waals surface area contributed by atoms with Crippen LogP contribution in [0.1, 0.15) is 25.5 Å². The molecule has 0 aliphatic heterocycles. The number of hydrogen-bond donors (Lipinski definition) is 2. The zero-order chi connectivity index (χ0) is 19.8. The normalized spacial score (nSPS) is 10.5. The highest BCUT2D eigenvalue weighted by molar-refractivity contribution is 7.14. The smallest absolute Gasteiger partial charge is 0.226 e. The predicted molar refractivity (Wildman–Crippen MR) is 107 cm³/mol. The van der Waals surface area contributed by atoms with Crippen molar-refractivity contribution in [3.05, 3.63) is 53.6 Å². The number of amides is 2. The van der Waals surface area contributed by atoms with Gasteiger partial charge in [0.05, 0.1) is 13.2 Å². The zero-order valence-corrected chi connectivity index (χ0v) is 16.3. The maximum atomic E-state index is 12.1. The van der Waals surface area contributed by atoms with Crippen molar-refractivity contribution >= 4 is 28.3 Å². The number of furan rings is 1. The quantitative estimate of drug-likeness (QED) is 0.533. The largest absolute Gasteiger partial charge is 0.494 e. The summed E-state index contributed by atoms with van der Waals surface area (Å²) in [5, 5.41) is 7.80. The summed E-state index contributed by atoms with van der Waals surface area (Å²) >= 11 is 1.33. The van der Waals surface area contributed by atoms with Gasteiger partial charge in [-0.05, 0) is 30.7 Å². The fourth-order valence-corrected chi connectivity index (χ4v) is 3.10. The van der Waals surface area contributed by atoms with Crippen molar-refractivity contribution in [1.29, 1.82) is 0 Å². The first kappa shape index (κ1) is 19.6. The van der Waals surface area contributed by atoms with E-state index in [-0.39, 0.29) is 11.8 Å². The molecule has 3 rings (SSSR count). The topological polar surface area (TPSA) is 93.5 Å². The van der Waals surface area contributed by atoms with E-state index in [4.69, 9.17) is 9.15 Å². The summed E-state index contributed by atoms with van der Waals surface area (Å²) in [7, 11) is 0. The Labute approximate surface area is 166 Å². The summed E-state index contributed by atoms with van der Waals surface area (Å²) in [5.74, 6) is 1.80. The Kier molecular flexibility index (Phi) is 6.80. The van der Waals surface area contributed by atoms with E-state index >= 15 is 0 Å². The van der Waals surface area contributed by atoms with Crippen LogP contribution in [0.5, 0.6) is 5.75 Å². The third-order valence-corrected chi connectivity index (χ3v) is 4.49. The molecule has 0 aliphatic rings. The summed E-state index contributed by atoms with van der Waals surface area (Å²) in [5.41, 5.74) is 0.641. The number of ether oxygens (including phenoxy) is 1. The molecule has 0 aliphatic carbocycles. The fourth-order valence-electron chi connectivity index (χ4n) is 2.39. The van der Waals surface area contributed by atoms with Gasteiger partial charge in [0.1, 0.15) is 17.2 Å². The van der Waals surface area contributed by atoms with Crippen LogP contribution in [0.4, 0.5) is 5.13 Å². The Morgan fingerprint density at radius 1 is 1.18 bits per heavy atom. The molecule has 0 saturated carbocycles. The van der Waals surface area contributed by atoms with Crippen molar-refractivity contribution in [3.8, 4) is 17.2 Å². The monoisotopic (exact) mass is 399 g/mol. The third-order valence-electron chi connectivity index (χ3n) is 3.74. The van der Waals surface area contributed by atoms with Crippen molar-refractivity contribution in [3.63, 3.8) is 0 Å². The molecule has 2 aromatic heterocycles. The molecule has 2 heterocycles. The molecule has 0 radical (unpaired) electrons. The van der Waals surface area contributed by atoms with Crippen LogP contribution in [-0.4, -0.2) is 23.4 Å². The third kappa shape index (κ3) is 5.95. The number of rotatable bonds is 9. The molecule has 2 N–H and O–H groups in total. The maximum Gasteiger partial charge on any atom is 0.226 e. The lowest BCUT2D eigenvalue weighted by molar-refractivity contribution is -0.119. The highest BCUT2D eigenvalue weighted by Crippen LogP contribution is 2.26. The molecule has 28 heavy (non-hydrogen) atoms. The number of aromatic nitrogens is 1. The number of carbonyl (C=O) groups is 2. The number of anilines is 1. The molecule has 146 valence electrons. The summed E-state index contributed by atoms with van der Waals surface area (Å²) in [6.45, 7) is 2.26. The summed E-state index contributed by atoms with van der Waals surface area (Å²) in [6, 6.07) is 13.1. The molecule has 0 bridgehead atoms. The molecule has 0 unspecified atom stereocenters. The first-order valence-electron chi connectivity index (χ1n) is 8.87. The van der Waals surface area contributed by atoms with E-state index in [1.54, 1.807) is 12.1 Å². The maximum absolute atomic E-state index is 12.1. The van der Waals surface area contributed by atoms with E-state index in [0.29, 0.717) is 48.3 Å². The number of carbonyl (C=O) groups excluding carboxylic acids is 2. The molecule has 0 atom stereocenters. The van der Waals surface area contributed by atoms with Crippen molar-refractivity contribution in [2.75, 3.05) is 11.9 Å². The van der Waals surface area contributed by atoms with Crippen LogP contribution in [0.25, 0.3) is 11.5 Å². The Balaban J connectivity index is 1.43. The minimum Gasteiger partial charge on any atom is -0.494 e. The zero-order valence-electron chi connectivity index (χ0n) is 15.4. The Bertz CT molecular complexity index is 920. The molecular weight excluding hydrogens is 378 g/mol. The van der Waals surface area contributed by atoms with Crippen LogP contribution in [-0.2, 0) is 16.1 Å². The average molecular weight is 399 g/mol. The van der Waals surface area contributed by atoms with Crippen molar-refractivity contribution in [2.45, 2.75) is 26.3 Å². The molecule has 8 heteroatoms. The lowest BCUT2D eigenvalue weighted by atomic mass is 10.3. The van der Waals surface area contributed by atoms with Crippen molar-refractivity contribution < 1.29 is 18.7 Å². The van der Waals surface area contributed by atoms with Gasteiger partial charge in [-0.1, -0.05) is 18.2 Å². The number of thiazole rings is 1. The van der Waals surface area contributed by atoms with Gasteiger partial charge in [-0.3, -0.25) is 9.59 Å². The second-order valence-electron chi connectivity index (χ2n) is 6.03. The van der Waals surface area contributed by atoms with Gasteiger partial charge in [-0.25, -0.2) is 4.98 Å². The van der Waals surface area contributed by atoms with Gasteiger partial charge in [-0.15, -0.1) is 11.3 Å². The first-order valence-corrected chi connectivity index (χ1v) is 9.75. The van der Waals surface area contributed by atoms with Crippen LogP contribution < -0.4 is 15.4 Å². The molecule has 3 aromatic rings. The van der Waals surface area contributed by atoms with Gasteiger partial charge >= 0.3 is 0 Å². The van der Waals surface area contributed by atoms with E-state index in [1.165, 1.54) is 18.3 Å². The van der Waals surface area contributed by atoms with E-state index in [2.05, 4.69) is 15.6 Å². The van der Waals surface area contributed by atoms with Crippen LogP contribution in [0.15, 0.2) is 52.3 Å². The molecule has 0 spiro atoms. The Morgan fingerprint density at radius 3 is 2.79 bits per heavy atom.